The number of aromatic nitrogens is 2. The van der Waals surface area contributed by atoms with Gasteiger partial charge in [-0.15, -0.1) is 0 Å². The standard InChI is InChI=1S/C22H27N5O2/c1-16(18-5-4-17-6-12-29-20(17)13-18)25-8-10-26(11-9-25)22-23-14-19(15-24-22)27-7-2-3-21(27)28/h4-5,13-16H,2-3,6-12H2,1H3. The third kappa shape index (κ3) is 3.55. The fraction of sp³-hybridized carbons (Fsp3) is 0.500. The Labute approximate surface area is 171 Å². The molecule has 7 heteroatoms. The first-order chi connectivity index (χ1) is 14.2. The van der Waals surface area contributed by atoms with E-state index in [1.807, 2.05) is 0 Å². The van der Waals surface area contributed by atoms with Crippen LogP contribution in [0.3, 0.4) is 0 Å². The summed E-state index contributed by atoms with van der Waals surface area (Å²) in [6, 6.07) is 7.02. The predicted molar refractivity (Wildman–Crippen MR) is 111 cm³/mol. The van der Waals surface area contributed by atoms with Crippen LogP contribution in [-0.2, 0) is 11.2 Å². The van der Waals surface area contributed by atoms with Gasteiger partial charge in [-0.2, -0.15) is 0 Å². The van der Waals surface area contributed by atoms with Gasteiger partial charge in [0.25, 0.3) is 0 Å². The lowest BCUT2D eigenvalue weighted by Crippen LogP contribution is -2.47. The van der Waals surface area contributed by atoms with Crippen molar-refractivity contribution in [2.24, 2.45) is 0 Å². The van der Waals surface area contributed by atoms with E-state index in [2.05, 4.69) is 44.9 Å². The summed E-state index contributed by atoms with van der Waals surface area (Å²) in [6.07, 6.45) is 6.12. The molecule has 0 spiro atoms. The number of anilines is 2. The summed E-state index contributed by atoms with van der Waals surface area (Å²) >= 11 is 0. The first-order valence-electron chi connectivity index (χ1n) is 10.6. The molecule has 1 amide bonds. The highest BCUT2D eigenvalue weighted by atomic mass is 16.5. The van der Waals surface area contributed by atoms with Gasteiger partial charge in [0.1, 0.15) is 5.75 Å². The van der Waals surface area contributed by atoms with Gasteiger partial charge in [0.2, 0.25) is 11.9 Å². The van der Waals surface area contributed by atoms with E-state index in [4.69, 9.17) is 4.74 Å². The van der Waals surface area contributed by atoms with E-state index in [9.17, 15) is 4.79 Å². The second kappa shape index (κ2) is 7.63. The molecule has 1 aromatic heterocycles. The lowest BCUT2D eigenvalue weighted by Gasteiger charge is -2.38. The Morgan fingerprint density at radius 3 is 2.55 bits per heavy atom. The molecule has 4 heterocycles. The van der Waals surface area contributed by atoms with Crippen LogP contribution in [0, 0.1) is 0 Å². The zero-order chi connectivity index (χ0) is 19.8. The summed E-state index contributed by atoms with van der Waals surface area (Å²) in [5.41, 5.74) is 3.44. The summed E-state index contributed by atoms with van der Waals surface area (Å²) in [6.45, 7) is 7.57. The SMILES string of the molecule is CC(c1ccc2c(c1)OCC2)N1CCN(c2ncc(N3CCCC3=O)cn2)CC1. The summed E-state index contributed by atoms with van der Waals surface area (Å²) in [4.78, 5) is 27.5. The summed E-state index contributed by atoms with van der Waals surface area (Å²) in [5.74, 6) is 1.97. The van der Waals surface area contributed by atoms with Crippen LogP contribution in [0.1, 0.15) is 36.9 Å². The topological polar surface area (TPSA) is 61.8 Å². The number of rotatable bonds is 4. The largest absolute Gasteiger partial charge is 0.493 e. The van der Waals surface area contributed by atoms with Gasteiger partial charge in [-0.05, 0) is 30.5 Å². The molecular formula is C22H27N5O2. The van der Waals surface area contributed by atoms with Crippen molar-refractivity contribution >= 4 is 17.5 Å². The number of carbonyl (C=O) groups excluding carboxylic acids is 1. The molecule has 3 aliphatic rings. The maximum absolute atomic E-state index is 11.9. The van der Waals surface area contributed by atoms with Crippen LogP contribution in [0.4, 0.5) is 11.6 Å². The number of hydrogen-bond acceptors (Lipinski definition) is 6. The molecule has 1 aromatic carbocycles. The lowest BCUT2D eigenvalue weighted by molar-refractivity contribution is -0.117. The maximum Gasteiger partial charge on any atom is 0.227 e. The number of carbonyl (C=O) groups is 1. The first kappa shape index (κ1) is 18.4. The summed E-state index contributed by atoms with van der Waals surface area (Å²) < 4.78 is 5.74. The van der Waals surface area contributed by atoms with E-state index in [-0.39, 0.29) is 5.91 Å². The Morgan fingerprint density at radius 2 is 1.83 bits per heavy atom. The molecule has 5 rings (SSSR count). The third-order valence-corrected chi connectivity index (χ3v) is 6.36. The molecule has 2 fully saturated rings. The van der Waals surface area contributed by atoms with Crippen molar-refractivity contribution in [1.29, 1.82) is 0 Å². The van der Waals surface area contributed by atoms with E-state index in [1.54, 1.807) is 17.3 Å². The van der Waals surface area contributed by atoms with Crippen molar-refractivity contribution < 1.29 is 9.53 Å². The van der Waals surface area contributed by atoms with E-state index >= 15 is 0 Å². The van der Waals surface area contributed by atoms with Crippen LogP contribution in [0.2, 0.25) is 0 Å². The number of hydrogen-bond donors (Lipinski definition) is 0. The highest BCUT2D eigenvalue weighted by Gasteiger charge is 2.26. The minimum Gasteiger partial charge on any atom is -0.493 e. The fourth-order valence-corrected chi connectivity index (χ4v) is 4.50. The predicted octanol–water partition coefficient (Wildman–Crippen LogP) is 2.42. The van der Waals surface area contributed by atoms with Crippen molar-refractivity contribution in [3.8, 4) is 5.75 Å². The van der Waals surface area contributed by atoms with Crippen LogP contribution in [0.15, 0.2) is 30.6 Å². The number of benzene rings is 1. The van der Waals surface area contributed by atoms with Crippen molar-refractivity contribution in [3.63, 3.8) is 0 Å². The molecule has 3 aliphatic heterocycles. The van der Waals surface area contributed by atoms with Gasteiger partial charge in [-0.1, -0.05) is 12.1 Å². The van der Waals surface area contributed by atoms with E-state index in [1.165, 1.54) is 11.1 Å². The number of piperazine rings is 1. The third-order valence-electron chi connectivity index (χ3n) is 6.36. The van der Waals surface area contributed by atoms with E-state index in [0.717, 1.165) is 69.6 Å². The average Bonchev–Trinajstić information content (AvgIpc) is 3.41. The summed E-state index contributed by atoms with van der Waals surface area (Å²) in [5, 5.41) is 0. The molecule has 0 radical (unpaired) electrons. The Bertz CT molecular complexity index is 893. The number of fused-ring (bicyclic) bond motifs is 1. The molecule has 0 N–H and O–H groups in total. The number of ether oxygens (including phenoxy) is 1. The average molecular weight is 393 g/mol. The normalized spacial score (nSPS) is 20.7. The molecule has 1 unspecified atom stereocenters. The Hall–Kier alpha value is -2.67. The maximum atomic E-state index is 11.9. The highest BCUT2D eigenvalue weighted by Crippen LogP contribution is 2.31. The molecule has 152 valence electrons. The van der Waals surface area contributed by atoms with E-state index in [0.29, 0.717) is 12.5 Å². The van der Waals surface area contributed by atoms with Crippen molar-refractivity contribution in [3.05, 3.63) is 41.7 Å². The Kier molecular flexibility index (Phi) is 4.83. The van der Waals surface area contributed by atoms with E-state index < -0.39 is 0 Å². The molecule has 2 aromatic rings. The molecule has 0 saturated carbocycles. The lowest BCUT2D eigenvalue weighted by atomic mass is 10.0. The van der Waals surface area contributed by atoms with Crippen molar-refractivity contribution in [1.82, 2.24) is 14.9 Å². The van der Waals surface area contributed by atoms with Crippen LogP contribution in [-0.4, -0.2) is 60.1 Å². The zero-order valence-electron chi connectivity index (χ0n) is 16.9. The smallest absolute Gasteiger partial charge is 0.227 e. The summed E-state index contributed by atoms with van der Waals surface area (Å²) in [7, 11) is 0. The van der Waals surface area contributed by atoms with Gasteiger partial charge >= 0.3 is 0 Å². The first-order valence-corrected chi connectivity index (χ1v) is 10.6. The molecule has 7 nitrogen and oxygen atoms in total. The molecule has 29 heavy (non-hydrogen) atoms. The van der Waals surface area contributed by atoms with Crippen molar-refractivity contribution in [2.45, 2.75) is 32.2 Å². The minimum atomic E-state index is 0.168. The van der Waals surface area contributed by atoms with Crippen LogP contribution in [0.5, 0.6) is 5.75 Å². The number of nitrogens with zero attached hydrogens (tertiary/aromatic N) is 5. The monoisotopic (exact) mass is 393 g/mol. The van der Waals surface area contributed by atoms with Gasteiger partial charge < -0.3 is 14.5 Å². The second-order valence-electron chi connectivity index (χ2n) is 8.05. The molecule has 1 atom stereocenters. The molecule has 0 aliphatic carbocycles. The molecular weight excluding hydrogens is 366 g/mol. The molecule has 2 saturated heterocycles. The van der Waals surface area contributed by atoms with Gasteiger partial charge in [0, 0.05) is 51.6 Å². The Balaban J connectivity index is 1.20. The Morgan fingerprint density at radius 1 is 1.03 bits per heavy atom. The minimum absolute atomic E-state index is 0.168. The highest BCUT2D eigenvalue weighted by molar-refractivity contribution is 5.95. The second-order valence-corrected chi connectivity index (χ2v) is 8.05. The van der Waals surface area contributed by atoms with Crippen LogP contribution in [0.25, 0.3) is 0 Å². The zero-order valence-corrected chi connectivity index (χ0v) is 16.9. The van der Waals surface area contributed by atoms with Crippen LogP contribution < -0.4 is 14.5 Å². The van der Waals surface area contributed by atoms with Gasteiger partial charge in [-0.25, -0.2) is 9.97 Å². The quantitative estimate of drug-likeness (QED) is 0.795. The van der Waals surface area contributed by atoms with Gasteiger partial charge in [0.05, 0.1) is 24.7 Å². The van der Waals surface area contributed by atoms with Crippen molar-refractivity contribution in [2.75, 3.05) is 49.1 Å². The fourth-order valence-electron chi connectivity index (χ4n) is 4.50. The van der Waals surface area contributed by atoms with Gasteiger partial charge in [0.15, 0.2) is 0 Å². The van der Waals surface area contributed by atoms with Crippen LogP contribution >= 0.6 is 0 Å². The van der Waals surface area contributed by atoms with Gasteiger partial charge in [-0.3, -0.25) is 9.69 Å². The number of amides is 1. The molecule has 0 bridgehead atoms.